The fourth-order valence-corrected chi connectivity index (χ4v) is 2.56. The highest BCUT2D eigenvalue weighted by atomic mass is 79.9. The number of alkyl halides is 1. The lowest BCUT2D eigenvalue weighted by Gasteiger charge is -2.15. The van der Waals surface area contributed by atoms with Crippen LogP contribution in [0.2, 0.25) is 0 Å². The van der Waals surface area contributed by atoms with Crippen LogP contribution in [0.25, 0.3) is 0 Å². The second kappa shape index (κ2) is 8.08. The summed E-state index contributed by atoms with van der Waals surface area (Å²) >= 11 is 3.56. The van der Waals surface area contributed by atoms with Crippen molar-refractivity contribution in [3.63, 3.8) is 0 Å². The predicted molar refractivity (Wildman–Crippen MR) is 85.6 cm³/mol. The van der Waals surface area contributed by atoms with Crippen molar-refractivity contribution in [2.24, 2.45) is 0 Å². The molecule has 0 amide bonds. The van der Waals surface area contributed by atoms with Crippen molar-refractivity contribution in [1.29, 1.82) is 0 Å². The Kier molecular flexibility index (Phi) is 6.09. The first-order valence-electron chi connectivity index (χ1n) is 6.65. The van der Waals surface area contributed by atoms with Gasteiger partial charge in [-0.2, -0.15) is 0 Å². The first-order chi connectivity index (χ1) is 9.83. The lowest BCUT2D eigenvalue weighted by Crippen LogP contribution is -2.09. The average Bonchev–Trinajstić information content (AvgIpc) is 2.53. The van der Waals surface area contributed by atoms with Crippen LogP contribution in [0.3, 0.4) is 0 Å². The first kappa shape index (κ1) is 15.1. The Bertz CT molecular complexity index is 496. The molecule has 2 aromatic rings. The van der Waals surface area contributed by atoms with E-state index in [2.05, 4.69) is 40.2 Å². The molecule has 1 unspecified atom stereocenters. The van der Waals surface area contributed by atoms with Gasteiger partial charge in [0, 0.05) is 11.2 Å². The Balaban J connectivity index is 1.84. The molecule has 0 spiro atoms. The van der Waals surface area contributed by atoms with Gasteiger partial charge in [0.15, 0.2) is 0 Å². The number of hydrogen-bond donors (Lipinski definition) is 0. The largest absolute Gasteiger partial charge is 0.497 e. The summed E-state index contributed by atoms with van der Waals surface area (Å²) in [5.41, 5.74) is 2.46. The third-order valence-corrected chi connectivity index (χ3v) is 3.99. The Morgan fingerprint density at radius 1 is 1.00 bits per heavy atom. The minimum atomic E-state index is 0.384. The van der Waals surface area contributed by atoms with Gasteiger partial charge in [-0.3, -0.25) is 0 Å². The van der Waals surface area contributed by atoms with Crippen LogP contribution in [0.5, 0.6) is 5.75 Å². The van der Waals surface area contributed by atoms with E-state index in [-0.39, 0.29) is 0 Å². The molecule has 1 atom stereocenters. The molecular weight excluding hydrogens is 316 g/mol. The summed E-state index contributed by atoms with van der Waals surface area (Å²) in [6.07, 6.45) is 0. The number of methoxy groups -OCH3 is 1. The van der Waals surface area contributed by atoms with Crippen molar-refractivity contribution in [3.8, 4) is 5.75 Å². The van der Waals surface area contributed by atoms with Gasteiger partial charge in [-0.25, -0.2) is 0 Å². The summed E-state index contributed by atoms with van der Waals surface area (Å²) in [6, 6.07) is 18.4. The van der Waals surface area contributed by atoms with Crippen molar-refractivity contribution in [3.05, 3.63) is 65.7 Å². The van der Waals surface area contributed by atoms with E-state index in [0.717, 1.165) is 16.6 Å². The molecule has 0 aliphatic carbocycles. The molecule has 0 heterocycles. The fourth-order valence-electron chi connectivity index (χ4n) is 2.00. The van der Waals surface area contributed by atoms with Gasteiger partial charge >= 0.3 is 0 Å². The third kappa shape index (κ3) is 4.36. The summed E-state index contributed by atoms with van der Waals surface area (Å²) in [5, 5.41) is 0.902. The second-order valence-electron chi connectivity index (χ2n) is 4.63. The van der Waals surface area contributed by atoms with Crippen LogP contribution in [0.4, 0.5) is 0 Å². The molecule has 0 N–H and O–H groups in total. The molecule has 0 aliphatic rings. The van der Waals surface area contributed by atoms with Gasteiger partial charge in [-0.1, -0.05) is 58.4 Å². The molecule has 0 bridgehead atoms. The molecule has 0 aromatic heterocycles. The molecule has 0 saturated heterocycles. The van der Waals surface area contributed by atoms with Gasteiger partial charge < -0.3 is 9.47 Å². The van der Waals surface area contributed by atoms with Crippen LogP contribution in [0.15, 0.2) is 54.6 Å². The van der Waals surface area contributed by atoms with E-state index in [0.29, 0.717) is 19.1 Å². The maximum absolute atomic E-state index is 5.83. The topological polar surface area (TPSA) is 18.5 Å². The summed E-state index contributed by atoms with van der Waals surface area (Å²) in [4.78, 5) is 0. The van der Waals surface area contributed by atoms with Gasteiger partial charge in [0.05, 0.1) is 20.3 Å². The Hall–Kier alpha value is -1.32. The zero-order valence-corrected chi connectivity index (χ0v) is 13.2. The van der Waals surface area contributed by atoms with Crippen molar-refractivity contribution in [1.82, 2.24) is 0 Å². The number of hydrogen-bond acceptors (Lipinski definition) is 2. The van der Waals surface area contributed by atoms with E-state index >= 15 is 0 Å². The highest BCUT2D eigenvalue weighted by Gasteiger charge is 2.09. The molecule has 0 fully saturated rings. The van der Waals surface area contributed by atoms with E-state index in [1.54, 1.807) is 7.11 Å². The summed E-state index contributed by atoms with van der Waals surface area (Å²) in [6.45, 7) is 1.33. The maximum atomic E-state index is 5.83. The standard InChI is InChI=1S/C17H19BrO2/c1-19-17-9-7-14(8-10-17)12-20-13-16(11-18)15-5-3-2-4-6-15/h2-10,16H,11-13H2,1H3. The van der Waals surface area contributed by atoms with Crippen LogP contribution in [0, 0.1) is 0 Å². The number of halogens is 1. The molecule has 0 saturated carbocycles. The van der Waals surface area contributed by atoms with Crippen LogP contribution < -0.4 is 4.74 Å². The third-order valence-electron chi connectivity index (χ3n) is 3.20. The number of benzene rings is 2. The maximum Gasteiger partial charge on any atom is 0.118 e. The molecule has 0 radical (unpaired) electrons. The van der Waals surface area contributed by atoms with Gasteiger partial charge in [0.1, 0.15) is 5.75 Å². The molecule has 3 heteroatoms. The van der Waals surface area contributed by atoms with Crippen LogP contribution in [0.1, 0.15) is 17.0 Å². The van der Waals surface area contributed by atoms with Crippen LogP contribution in [-0.2, 0) is 11.3 Å². The van der Waals surface area contributed by atoms with E-state index in [9.17, 15) is 0 Å². The summed E-state index contributed by atoms with van der Waals surface area (Å²) in [5.74, 6) is 1.26. The first-order valence-corrected chi connectivity index (χ1v) is 7.77. The van der Waals surface area contributed by atoms with Crippen LogP contribution in [-0.4, -0.2) is 19.0 Å². The number of rotatable bonds is 7. The fraction of sp³-hybridized carbons (Fsp3) is 0.294. The SMILES string of the molecule is COc1ccc(COCC(CBr)c2ccccc2)cc1. The summed E-state index contributed by atoms with van der Waals surface area (Å²) in [7, 11) is 1.67. The zero-order chi connectivity index (χ0) is 14.2. The highest BCUT2D eigenvalue weighted by molar-refractivity contribution is 9.09. The molecule has 0 aliphatic heterocycles. The predicted octanol–water partition coefficient (Wildman–Crippen LogP) is 4.39. The van der Waals surface area contributed by atoms with Gasteiger partial charge in [0.2, 0.25) is 0 Å². The van der Waals surface area contributed by atoms with E-state index < -0.39 is 0 Å². The molecule has 106 valence electrons. The number of ether oxygens (including phenoxy) is 2. The van der Waals surface area contributed by atoms with Crippen LogP contribution >= 0.6 is 15.9 Å². The lowest BCUT2D eigenvalue weighted by molar-refractivity contribution is 0.111. The van der Waals surface area contributed by atoms with Gasteiger partial charge in [-0.05, 0) is 23.3 Å². The molecule has 2 nitrogen and oxygen atoms in total. The molecular formula is C17H19BrO2. The average molecular weight is 335 g/mol. The van der Waals surface area contributed by atoms with Crippen molar-refractivity contribution in [2.75, 3.05) is 19.0 Å². The molecule has 2 rings (SSSR count). The van der Waals surface area contributed by atoms with Gasteiger partial charge in [0.25, 0.3) is 0 Å². The van der Waals surface area contributed by atoms with E-state index in [1.165, 1.54) is 5.56 Å². The lowest BCUT2D eigenvalue weighted by atomic mass is 10.0. The molecule has 20 heavy (non-hydrogen) atoms. The van der Waals surface area contributed by atoms with E-state index in [4.69, 9.17) is 9.47 Å². The monoisotopic (exact) mass is 334 g/mol. The quantitative estimate of drug-likeness (QED) is 0.699. The normalized spacial score (nSPS) is 12.1. The van der Waals surface area contributed by atoms with Crippen molar-refractivity contribution >= 4 is 15.9 Å². The smallest absolute Gasteiger partial charge is 0.118 e. The van der Waals surface area contributed by atoms with Crippen molar-refractivity contribution in [2.45, 2.75) is 12.5 Å². The zero-order valence-electron chi connectivity index (χ0n) is 11.6. The minimum absolute atomic E-state index is 0.384. The summed E-state index contributed by atoms with van der Waals surface area (Å²) < 4.78 is 11.0. The van der Waals surface area contributed by atoms with Gasteiger partial charge in [-0.15, -0.1) is 0 Å². The molecule has 2 aromatic carbocycles. The Morgan fingerprint density at radius 3 is 2.30 bits per heavy atom. The van der Waals surface area contributed by atoms with E-state index in [1.807, 2.05) is 30.3 Å². The van der Waals surface area contributed by atoms with Crippen molar-refractivity contribution < 1.29 is 9.47 Å². The Labute approximate surface area is 128 Å². The second-order valence-corrected chi connectivity index (χ2v) is 5.27. The minimum Gasteiger partial charge on any atom is -0.497 e. The highest BCUT2D eigenvalue weighted by Crippen LogP contribution is 2.19. The Morgan fingerprint density at radius 2 is 1.70 bits per heavy atom.